The molecule has 1 unspecified atom stereocenters. The van der Waals surface area contributed by atoms with E-state index in [1.807, 2.05) is 11.8 Å². The van der Waals surface area contributed by atoms with Crippen molar-refractivity contribution in [2.75, 3.05) is 25.4 Å². The molecule has 3 aromatic rings. The first-order chi connectivity index (χ1) is 34.1. The van der Waals surface area contributed by atoms with Gasteiger partial charge < -0.3 is 58.4 Å². The van der Waals surface area contributed by atoms with Gasteiger partial charge in [-0.25, -0.2) is 10.3 Å². The van der Waals surface area contributed by atoms with Crippen LogP contribution in [-0.2, 0) is 56.0 Å². The number of carboxylic acid groups (broad SMARTS) is 1. The van der Waals surface area contributed by atoms with Crippen molar-refractivity contribution in [1.29, 1.82) is 0 Å². The predicted molar refractivity (Wildman–Crippen MR) is 259 cm³/mol. The van der Waals surface area contributed by atoms with Gasteiger partial charge in [0.05, 0.1) is 31.1 Å². The monoisotopic (exact) mass is 1010 g/mol. The average molecular weight is 1010 g/mol. The number of aromatic nitrogens is 1. The van der Waals surface area contributed by atoms with Crippen LogP contribution in [0.25, 0.3) is 10.9 Å². The van der Waals surface area contributed by atoms with Gasteiger partial charge in [-0.1, -0.05) is 55.0 Å². The summed E-state index contributed by atoms with van der Waals surface area (Å²) in [5.41, 5.74) is 9.01. The van der Waals surface area contributed by atoms with E-state index >= 15 is 0 Å². The van der Waals surface area contributed by atoms with E-state index in [2.05, 4.69) is 47.5 Å². The molecule has 0 spiro atoms. The fraction of sp³-hybridized carbons (Fsp3) is 0.489. The molecule has 2 saturated heterocycles. The smallest absolute Gasteiger partial charge is 0.315 e. The Labute approximate surface area is 413 Å². The molecule has 71 heavy (non-hydrogen) atoms. The summed E-state index contributed by atoms with van der Waals surface area (Å²) >= 11 is 1.83. The third-order valence-corrected chi connectivity index (χ3v) is 13.6. The molecule has 2 aliphatic rings. The maximum atomic E-state index is 13.9. The molecule has 0 aliphatic carbocycles. The highest BCUT2D eigenvalue weighted by Gasteiger charge is 2.42. The van der Waals surface area contributed by atoms with Crippen LogP contribution in [0.5, 0.6) is 0 Å². The number of nitrogens with two attached hydrogens (primary N) is 1. The fourth-order valence-electron chi connectivity index (χ4n) is 8.38. The Kier molecular flexibility index (Phi) is 21.5. The molecule has 384 valence electrons. The number of H-pyrrole nitrogens is 1. The van der Waals surface area contributed by atoms with Gasteiger partial charge in [-0.2, -0.15) is 11.8 Å². The number of amides is 10. The highest BCUT2D eigenvalue weighted by Crippen LogP contribution is 2.33. The van der Waals surface area contributed by atoms with Crippen molar-refractivity contribution in [3.63, 3.8) is 0 Å². The first kappa shape index (κ1) is 54.7. The summed E-state index contributed by atoms with van der Waals surface area (Å²) in [4.78, 5) is 130. The van der Waals surface area contributed by atoms with Crippen LogP contribution in [0.2, 0.25) is 0 Å². The molecule has 10 amide bonds. The summed E-state index contributed by atoms with van der Waals surface area (Å²) in [6, 6.07) is 12.0. The third-order valence-electron chi connectivity index (χ3n) is 12.1. The number of carbonyl (C=O) groups excluding carboxylic acids is 9. The Balaban J connectivity index is 1.09. The van der Waals surface area contributed by atoms with Crippen molar-refractivity contribution in [1.82, 2.24) is 53.0 Å². The molecular weight excluding hydrogens is 943 g/mol. The molecule has 23 nitrogen and oxygen atoms in total. The molecule has 2 aromatic carbocycles. The van der Waals surface area contributed by atoms with E-state index in [1.54, 1.807) is 60.8 Å². The van der Waals surface area contributed by atoms with Gasteiger partial charge in [0.25, 0.3) is 0 Å². The minimum Gasteiger partial charge on any atom is -0.481 e. The van der Waals surface area contributed by atoms with E-state index in [-0.39, 0.29) is 43.3 Å². The molecule has 3 heterocycles. The van der Waals surface area contributed by atoms with E-state index in [1.165, 1.54) is 5.48 Å². The van der Waals surface area contributed by atoms with Gasteiger partial charge in [0.15, 0.2) is 0 Å². The summed E-state index contributed by atoms with van der Waals surface area (Å²) in [6.45, 7) is -0.869. The number of urea groups is 1. The summed E-state index contributed by atoms with van der Waals surface area (Å²) in [5.74, 6) is -7.35. The number of thioether (sulfide) groups is 1. The highest BCUT2D eigenvalue weighted by molar-refractivity contribution is 8.00. The van der Waals surface area contributed by atoms with E-state index < -0.39 is 104 Å². The predicted octanol–water partition coefficient (Wildman–Crippen LogP) is -0.486. The number of hydrogen-bond acceptors (Lipinski definition) is 12. The topological polar surface area (TPSA) is 361 Å². The Morgan fingerprint density at radius 2 is 1.44 bits per heavy atom. The van der Waals surface area contributed by atoms with Gasteiger partial charge in [-0.05, 0) is 62.1 Å². The first-order valence-corrected chi connectivity index (χ1v) is 24.6. The van der Waals surface area contributed by atoms with Gasteiger partial charge in [0, 0.05) is 60.3 Å². The van der Waals surface area contributed by atoms with Crippen molar-refractivity contribution < 1.29 is 58.3 Å². The Hall–Kier alpha value is -7.21. The van der Waals surface area contributed by atoms with E-state index in [0.717, 1.165) is 29.5 Å². The zero-order valence-electron chi connectivity index (χ0n) is 39.1. The van der Waals surface area contributed by atoms with Crippen LogP contribution in [0.4, 0.5) is 4.79 Å². The molecule has 2 aliphatic heterocycles. The largest absolute Gasteiger partial charge is 0.481 e. The number of carboxylic acids is 1. The number of aliphatic carboxylic acids is 1. The maximum Gasteiger partial charge on any atom is 0.315 e. The lowest BCUT2D eigenvalue weighted by Crippen LogP contribution is -2.56. The van der Waals surface area contributed by atoms with E-state index in [9.17, 15) is 58.3 Å². The number of carbonyl (C=O) groups is 10. The second kappa shape index (κ2) is 27.8. The quantitative estimate of drug-likeness (QED) is 0.0174. The van der Waals surface area contributed by atoms with Crippen molar-refractivity contribution in [2.45, 2.75) is 113 Å². The lowest BCUT2D eigenvalue weighted by Gasteiger charge is -2.25. The van der Waals surface area contributed by atoms with Crippen molar-refractivity contribution >= 4 is 81.9 Å². The molecule has 2 fully saturated rings. The van der Waals surface area contributed by atoms with Crippen LogP contribution >= 0.6 is 11.8 Å². The van der Waals surface area contributed by atoms with Crippen molar-refractivity contribution in [3.8, 4) is 0 Å². The maximum absolute atomic E-state index is 13.9. The zero-order valence-corrected chi connectivity index (χ0v) is 39.9. The molecule has 0 radical (unpaired) electrons. The molecule has 5 rings (SSSR count). The normalized spacial score (nSPS) is 17.5. The van der Waals surface area contributed by atoms with Crippen molar-refractivity contribution in [3.05, 3.63) is 71.9 Å². The minimum absolute atomic E-state index is 0.0306. The second-order valence-corrected chi connectivity index (χ2v) is 18.7. The summed E-state index contributed by atoms with van der Waals surface area (Å²) in [7, 11) is 0. The van der Waals surface area contributed by atoms with E-state index in [0.29, 0.717) is 48.6 Å². The SMILES string of the molecule is NC(=O)[C@H](CCCCNC(=O)CCCC[C@@H]1SC[C@@H]2NC(=O)N[C@@H]21)NC(=O)CNC(=O)CNC(=O)[C@H](Cc1c[nH]c2ccccc12)NC(=O)[C@H](CCC(=O)O)NC(=O)C(CC(=O)NO)Cc1ccccc1. The number of para-hydroxylation sites is 1. The van der Waals surface area contributed by atoms with Gasteiger partial charge >= 0.3 is 12.0 Å². The number of benzene rings is 2. The summed E-state index contributed by atoms with van der Waals surface area (Å²) in [5, 5.41) is 40.8. The number of rotatable bonds is 30. The number of hydrogen-bond donors (Lipinski definition) is 13. The van der Waals surface area contributed by atoms with Crippen molar-refractivity contribution in [2.24, 2.45) is 11.7 Å². The van der Waals surface area contributed by atoms with Gasteiger partial charge in [0.2, 0.25) is 47.3 Å². The second-order valence-electron chi connectivity index (χ2n) is 17.5. The molecule has 1 aromatic heterocycles. The van der Waals surface area contributed by atoms with Crippen LogP contribution in [0.3, 0.4) is 0 Å². The lowest BCUT2D eigenvalue weighted by atomic mass is 9.94. The van der Waals surface area contributed by atoms with Gasteiger partial charge in [-0.15, -0.1) is 0 Å². The number of unbranched alkanes of at least 4 members (excludes halogenated alkanes) is 2. The van der Waals surface area contributed by atoms with Crippen LogP contribution in [0.1, 0.15) is 75.3 Å². The third kappa shape index (κ3) is 17.9. The fourth-order valence-corrected chi connectivity index (χ4v) is 9.92. The zero-order chi connectivity index (χ0) is 51.3. The standard InChI is InChI=1S/C47H63N11O12S/c48-43(65)32(14-8-9-19-49-37(59)16-7-6-15-36-42-35(26-71-36)56-47(69)57-42)53-40(62)25-51-39(61)24-52-45(67)34(21-29-23-50-31-13-5-4-12-30(29)31)55-46(68)33(17-18-41(63)64)54-44(66)28(22-38(60)58-70)20-27-10-2-1-3-11-27/h1-5,10-13,23,28,32-36,42,50,70H,6-9,14-22,24-26H2,(H2,48,65)(H,49,59)(H,51,61)(H,52,67)(H,53,62)(H,54,66)(H,55,68)(H,58,60)(H,63,64)(H2,56,57,69)/t28?,32-,33-,34-,35-,36-,42-/m0/s1. The summed E-state index contributed by atoms with van der Waals surface area (Å²) in [6.07, 6.45) is 4.06. The molecule has 14 N–H and O–H groups in total. The summed E-state index contributed by atoms with van der Waals surface area (Å²) < 4.78 is 0. The number of hydroxylamine groups is 1. The number of primary amides is 1. The minimum atomic E-state index is -1.50. The molecule has 7 atom stereocenters. The Morgan fingerprint density at radius 1 is 0.704 bits per heavy atom. The molecule has 24 heteroatoms. The van der Waals surface area contributed by atoms with Gasteiger partial charge in [-0.3, -0.25) is 48.4 Å². The Morgan fingerprint density at radius 3 is 2.18 bits per heavy atom. The van der Waals surface area contributed by atoms with Crippen LogP contribution in [0, 0.1) is 5.92 Å². The molecular formula is C47H63N11O12S. The lowest BCUT2D eigenvalue weighted by molar-refractivity contribution is -0.139. The molecule has 0 saturated carbocycles. The van der Waals surface area contributed by atoms with Crippen LogP contribution < -0.4 is 53.7 Å². The first-order valence-electron chi connectivity index (χ1n) is 23.5. The highest BCUT2D eigenvalue weighted by atomic mass is 32.2. The van der Waals surface area contributed by atoms with E-state index in [4.69, 9.17) is 5.73 Å². The Bertz CT molecular complexity index is 2370. The number of fused-ring (bicyclic) bond motifs is 2. The average Bonchev–Trinajstić information content (AvgIpc) is 4.05. The molecule has 0 bridgehead atoms. The van der Waals surface area contributed by atoms with Crippen LogP contribution in [0.15, 0.2) is 60.8 Å². The number of aromatic amines is 1. The van der Waals surface area contributed by atoms with Crippen LogP contribution in [-0.4, -0.2) is 135 Å². The number of nitrogens with one attached hydrogen (secondary N) is 10. The van der Waals surface area contributed by atoms with Gasteiger partial charge in [0.1, 0.15) is 18.1 Å².